The summed E-state index contributed by atoms with van der Waals surface area (Å²) in [6.07, 6.45) is 1.86. The van der Waals surface area contributed by atoms with Gasteiger partial charge in [0.2, 0.25) is 5.91 Å². The molecule has 0 saturated carbocycles. The molecule has 0 saturated heterocycles. The van der Waals surface area contributed by atoms with Gasteiger partial charge >= 0.3 is 0 Å². The van der Waals surface area contributed by atoms with Gasteiger partial charge in [-0.15, -0.1) is 0 Å². The third-order valence-electron chi connectivity index (χ3n) is 2.70. The van der Waals surface area contributed by atoms with Crippen LogP contribution in [0.25, 0.3) is 0 Å². The van der Waals surface area contributed by atoms with Gasteiger partial charge in [-0.05, 0) is 30.5 Å². The predicted octanol–water partition coefficient (Wildman–Crippen LogP) is 1.09. The van der Waals surface area contributed by atoms with E-state index in [2.05, 4.69) is 5.32 Å². The van der Waals surface area contributed by atoms with E-state index in [1.54, 1.807) is 0 Å². The highest BCUT2D eigenvalue weighted by Gasteiger charge is 2.08. The van der Waals surface area contributed by atoms with Crippen molar-refractivity contribution in [2.75, 3.05) is 12.3 Å². The minimum absolute atomic E-state index is 0.00981. The first kappa shape index (κ1) is 13.5. The molecule has 0 bridgehead atoms. The Kier molecular flexibility index (Phi) is 5.49. The minimum atomic E-state index is -0.131. The SMILES string of the molecule is CC[C@@H](CO)NC(=O)CCc1ccc(N)cc1. The van der Waals surface area contributed by atoms with E-state index in [1.807, 2.05) is 31.2 Å². The summed E-state index contributed by atoms with van der Waals surface area (Å²) in [6.45, 7) is 1.92. The van der Waals surface area contributed by atoms with Gasteiger partial charge in [-0.25, -0.2) is 0 Å². The number of benzene rings is 1. The van der Waals surface area contributed by atoms with Crippen LogP contribution in [0.5, 0.6) is 0 Å². The Morgan fingerprint density at radius 3 is 2.59 bits per heavy atom. The highest BCUT2D eigenvalue weighted by Crippen LogP contribution is 2.07. The zero-order chi connectivity index (χ0) is 12.7. The third kappa shape index (κ3) is 4.87. The zero-order valence-corrected chi connectivity index (χ0v) is 10.1. The van der Waals surface area contributed by atoms with E-state index in [4.69, 9.17) is 10.8 Å². The molecule has 1 aromatic carbocycles. The first-order chi connectivity index (χ1) is 8.15. The topological polar surface area (TPSA) is 75.3 Å². The molecule has 0 aliphatic heterocycles. The monoisotopic (exact) mass is 236 g/mol. The van der Waals surface area contributed by atoms with Crippen LogP contribution in [0.15, 0.2) is 24.3 Å². The number of nitrogens with two attached hydrogens (primary N) is 1. The quantitative estimate of drug-likeness (QED) is 0.647. The van der Waals surface area contributed by atoms with Gasteiger partial charge in [0, 0.05) is 12.1 Å². The Morgan fingerprint density at radius 2 is 2.06 bits per heavy atom. The summed E-state index contributed by atoms with van der Waals surface area (Å²) in [5, 5.41) is 11.7. The molecule has 1 amide bonds. The second-order valence-electron chi connectivity index (χ2n) is 4.10. The molecule has 0 aliphatic rings. The lowest BCUT2D eigenvalue weighted by molar-refractivity contribution is -0.122. The summed E-state index contributed by atoms with van der Waals surface area (Å²) in [4.78, 5) is 11.6. The molecule has 0 radical (unpaired) electrons. The van der Waals surface area contributed by atoms with Crippen LogP contribution in [0, 0.1) is 0 Å². The number of rotatable bonds is 6. The normalized spacial score (nSPS) is 12.1. The Morgan fingerprint density at radius 1 is 1.41 bits per heavy atom. The van der Waals surface area contributed by atoms with Crippen LogP contribution in [-0.2, 0) is 11.2 Å². The van der Waals surface area contributed by atoms with Gasteiger partial charge < -0.3 is 16.2 Å². The summed E-state index contributed by atoms with van der Waals surface area (Å²) < 4.78 is 0. The molecule has 4 nitrogen and oxygen atoms in total. The molecule has 4 heteroatoms. The van der Waals surface area contributed by atoms with Gasteiger partial charge in [-0.3, -0.25) is 4.79 Å². The molecule has 4 N–H and O–H groups in total. The maximum atomic E-state index is 11.6. The fourth-order valence-electron chi connectivity index (χ4n) is 1.52. The molecule has 1 aromatic rings. The van der Waals surface area contributed by atoms with Crippen molar-refractivity contribution in [1.82, 2.24) is 5.32 Å². The number of carbonyl (C=O) groups is 1. The third-order valence-corrected chi connectivity index (χ3v) is 2.70. The highest BCUT2D eigenvalue weighted by atomic mass is 16.3. The average molecular weight is 236 g/mol. The molecular weight excluding hydrogens is 216 g/mol. The van der Waals surface area contributed by atoms with E-state index in [0.717, 1.165) is 17.7 Å². The van der Waals surface area contributed by atoms with Crippen LogP contribution in [-0.4, -0.2) is 23.7 Å². The summed E-state index contributed by atoms with van der Waals surface area (Å²) >= 11 is 0. The maximum Gasteiger partial charge on any atom is 0.220 e. The number of aliphatic hydroxyl groups is 1. The number of nitrogen functional groups attached to an aromatic ring is 1. The van der Waals surface area contributed by atoms with E-state index in [0.29, 0.717) is 12.8 Å². The summed E-state index contributed by atoms with van der Waals surface area (Å²) in [5.74, 6) is -0.0253. The van der Waals surface area contributed by atoms with Crippen molar-refractivity contribution >= 4 is 11.6 Å². The lowest BCUT2D eigenvalue weighted by Crippen LogP contribution is -2.36. The smallest absolute Gasteiger partial charge is 0.220 e. The van der Waals surface area contributed by atoms with Gasteiger partial charge in [0.25, 0.3) is 0 Å². The van der Waals surface area contributed by atoms with Crippen LogP contribution < -0.4 is 11.1 Å². The Labute approximate surface area is 102 Å². The number of hydrogen-bond donors (Lipinski definition) is 3. The number of hydrogen-bond acceptors (Lipinski definition) is 3. The fourth-order valence-corrected chi connectivity index (χ4v) is 1.52. The number of anilines is 1. The average Bonchev–Trinajstić information content (AvgIpc) is 2.35. The molecule has 0 aromatic heterocycles. The van der Waals surface area contributed by atoms with Gasteiger partial charge in [0.1, 0.15) is 0 Å². The molecule has 94 valence electrons. The lowest BCUT2D eigenvalue weighted by atomic mass is 10.1. The number of nitrogens with one attached hydrogen (secondary N) is 1. The largest absolute Gasteiger partial charge is 0.399 e. The lowest BCUT2D eigenvalue weighted by Gasteiger charge is -2.13. The second kappa shape index (κ2) is 6.91. The standard InChI is InChI=1S/C13H20N2O2/c1-2-12(9-16)15-13(17)8-5-10-3-6-11(14)7-4-10/h3-4,6-7,12,16H,2,5,8-9,14H2,1H3,(H,15,17)/t12-/m0/s1. The number of amides is 1. The molecule has 0 spiro atoms. The minimum Gasteiger partial charge on any atom is -0.399 e. The van der Waals surface area contributed by atoms with Gasteiger partial charge in [0.05, 0.1) is 12.6 Å². The van der Waals surface area contributed by atoms with Gasteiger partial charge in [-0.2, -0.15) is 0 Å². The van der Waals surface area contributed by atoms with Gasteiger partial charge in [0.15, 0.2) is 0 Å². The molecule has 0 fully saturated rings. The van der Waals surface area contributed by atoms with E-state index >= 15 is 0 Å². The van der Waals surface area contributed by atoms with Crippen molar-refractivity contribution in [3.8, 4) is 0 Å². The molecule has 1 atom stereocenters. The second-order valence-corrected chi connectivity index (χ2v) is 4.10. The number of aryl methyl sites for hydroxylation is 1. The van der Waals surface area contributed by atoms with Gasteiger partial charge in [-0.1, -0.05) is 19.1 Å². The van der Waals surface area contributed by atoms with Crippen molar-refractivity contribution in [3.63, 3.8) is 0 Å². The molecule has 0 unspecified atom stereocenters. The fraction of sp³-hybridized carbons (Fsp3) is 0.462. The van der Waals surface area contributed by atoms with E-state index in [9.17, 15) is 4.79 Å². The summed E-state index contributed by atoms with van der Waals surface area (Å²) in [7, 11) is 0. The van der Waals surface area contributed by atoms with E-state index < -0.39 is 0 Å². The van der Waals surface area contributed by atoms with Crippen molar-refractivity contribution in [3.05, 3.63) is 29.8 Å². The van der Waals surface area contributed by atoms with Crippen LogP contribution in [0.1, 0.15) is 25.3 Å². The Balaban J connectivity index is 2.35. The number of carbonyl (C=O) groups excluding carboxylic acids is 1. The highest BCUT2D eigenvalue weighted by molar-refractivity contribution is 5.76. The molecule has 17 heavy (non-hydrogen) atoms. The van der Waals surface area contributed by atoms with E-state index in [1.165, 1.54) is 0 Å². The Bertz CT molecular complexity index is 345. The van der Waals surface area contributed by atoms with Crippen LogP contribution in [0.3, 0.4) is 0 Å². The molecule has 0 aliphatic carbocycles. The Hall–Kier alpha value is -1.55. The summed E-state index contributed by atoms with van der Waals surface area (Å²) in [5.41, 5.74) is 7.39. The first-order valence-corrected chi connectivity index (χ1v) is 5.90. The van der Waals surface area contributed by atoms with Crippen molar-refractivity contribution in [2.24, 2.45) is 0 Å². The van der Waals surface area contributed by atoms with Crippen molar-refractivity contribution in [1.29, 1.82) is 0 Å². The van der Waals surface area contributed by atoms with E-state index in [-0.39, 0.29) is 18.6 Å². The van der Waals surface area contributed by atoms with Crippen molar-refractivity contribution in [2.45, 2.75) is 32.2 Å². The zero-order valence-electron chi connectivity index (χ0n) is 10.1. The van der Waals surface area contributed by atoms with Crippen LogP contribution >= 0.6 is 0 Å². The molecule has 0 heterocycles. The van der Waals surface area contributed by atoms with Crippen LogP contribution in [0.4, 0.5) is 5.69 Å². The van der Waals surface area contributed by atoms with Crippen LogP contribution in [0.2, 0.25) is 0 Å². The number of aliphatic hydroxyl groups excluding tert-OH is 1. The van der Waals surface area contributed by atoms with Crippen molar-refractivity contribution < 1.29 is 9.90 Å². The molecular formula is C13H20N2O2. The first-order valence-electron chi connectivity index (χ1n) is 5.90. The predicted molar refractivity (Wildman–Crippen MR) is 68.5 cm³/mol. The molecule has 1 rings (SSSR count). The summed E-state index contributed by atoms with van der Waals surface area (Å²) in [6, 6.07) is 7.37. The maximum absolute atomic E-state index is 11.6.